The van der Waals surface area contributed by atoms with Gasteiger partial charge in [0.25, 0.3) is 0 Å². The summed E-state index contributed by atoms with van der Waals surface area (Å²) in [5.41, 5.74) is 7.22. The molecule has 1 aromatic heterocycles. The summed E-state index contributed by atoms with van der Waals surface area (Å²) in [5, 5.41) is 1.17. The van der Waals surface area contributed by atoms with Gasteiger partial charge in [0.1, 0.15) is 5.82 Å². The number of H-pyrrole nitrogens is 1. The summed E-state index contributed by atoms with van der Waals surface area (Å²) in [6, 6.07) is 10.8. The molecule has 0 fully saturated rings. The van der Waals surface area contributed by atoms with Crippen molar-refractivity contribution >= 4 is 51.9 Å². The molecule has 9 heteroatoms. The van der Waals surface area contributed by atoms with Gasteiger partial charge in [-0.05, 0) is 42.5 Å². The standard InChI is InChI=1S/C18H16ClFN4O2S/c19-11-1-6-14-15(9-11)23-18(22-14)27-10-17(26)24(8-7-16(21)25)13-4-2-12(20)3-5-13/h1-6,9H,7-8,10H2,(H2,21,25)(H,22,23). The number of benzene rings is 2. The van der Waals surface area contributed by atoms with Crippen LogP contribution >= 0.6 is 23.4 Å². The quantitative estimate of drug-likeness (QED) is 0.588. The fraction of sp³-hybridized carbons (Fsp3) is 0.167. The summed E-state index contributed by atoms with van der Waals surface area (Å²) in [7, 11) is 0. The number of nitrogens with two attached hydrogens (primary N) is 1. The predicted octanol–water partition coefficient (Wildman–Crippen LogP) is 3.36. The molecule has 27 heavy (non-hydrogen) atoms. The average molecular weight is 407 g/mol. The van der Waals surface area contributed by atoms with Gasteiger partial charge >= 0.3 is 0 Å². The van der Waals surface area contributed by atoms with Crippen molar-refractivity contribution in [3.8, 4) is 0 Å². The molecule has 0 saturated carbocycles. The number of nitrogens with zero attached hydrogens (tertiary/aromatic N) is 2. The smallest absolute Gasteiger partial charge is 0.237 e. The molecule has 0 radical (unpaired) electrons. The number of amides is 2. The zero-order valence-corrected chi connectivity index (χ0v) is 15.7. The maximum atomic E-state index is 13.2. The number of aromatic nitrogens is 2. The van der Waals surface area contributed by atoms with Crippen molar-refractivity contribution in [2.45, 2.75) is 11.6 Å². The van der Waals surface area contributed by atoms with Crippen molar-refractivity contribution in [1.82, 2.24) is 9.97 Å². The Hall–Kier alpha value is -2.58. The molecule has 140 valence electrons. The molecule has 6 nitrogen and oxygen atoms in total. The van der Waals surface area contributed by atoms with E-state index < -0.39 is 11.7 Å². The van der Waals surface area contributed by atoms with Crippen molar-refractivity contribution in [3.05, 3.63) is 53.3 Å². The molecule has 2 amide bonds. The molecule has 0 atom stereocenters. The van der Waals surface area contributed by atoms with E-state index in [0.717, 1.165) is 11.0 Å². The van der Waals surface area contributed by atoms with E-state index in [1.54, 1.807) is 18.2 Å². The van der Waals surface area contributed by atoms with Gasteiger partial charge in [-0.1, -0.05) is 23.4 Å². The number of primary amides is 1. The number of carbonyl (C=O) groups is 2. The lowest BCUT2D eigenvalue weighted by Crippen LogP contribution is -2.35. The van der Waals surface area contributed by atoms with Crippen molar-refractivity contribution in [2.24, 2.45) is 5.73 Å². The summed E-state index contributed by atoms with van der Waals surface area (Å²) in [5.74, 6) is -1.08. The Morgan fingerprint density at radius 1 is 1.22 bits per heavy atom. The summed E-state index contributed by atoms with van der Waals surface area (Å²) in [6.07, 6.45) is 0.0108. The third kappa shape index (κ3) is 4.99. The lowest BCUT2D eigenvalue weighted by molar-refractivity contribution is -0.118. The van der Waals surface area contributed by atoms with E-state index in [-0.39, 0.29) is 24.6 Å². The van der Waals surface area contributed by atoms with Crippen LogP contribution in [0.4, 0.5) is 10.1 Å². The number of carbonyl (C=O) groups excluding carboxylic acids is 2. The number of hydrogen-bond donors (Lipinski definition) is 2. The minimum atomic E-state index is -0.517. The fourth-order valence-corrected chi connectivity index (χ4v) is 3.41. The van der Waals surface area contributed by atoms with Crippen molar-refractivity contribution < 1.29 is 14.0 Å². The lowest BCUT2D eigenvalue weighted by atomic mass is 10.2. The van der Waals surface area contributed by atoms with Gasteiger partial charge in [-0.15, -0.1) is 0 Å². The maximum Gasteiger partial charge on any atom is 0.237 e. The molecular formula is C18H16ClFN4O2S. The molecule has 2 aromatic carbocycles. The van der Waals surface area contributed by atoms with Crippen LogP contribution in [-0.2, 0) is 9.59 Å². The predicted molar refractivity (Wildman–Crippen MR) is 104 cm³/mol. The topological polar surface area (TPSA) is 92.1 Å². The SMILES string of the molecule is NC(=O)CCN(C(=O)CSc1nc2ccc(Cl)cc2[nH]1)c1ccc(F)cc1. The second-order valence-corrected chi connectivity index (χ2v) is 7.13. The van der Waals surface area contributed by atoms with E-state index in [1.165, 1.54) is 40.9 Å². The summed E-state index contributed by atoms with van der Waals surface area (Å²) in [6.45, 7) is 0.121. The van der Waals surface area contributed by atoms with Crippen molar-refractivity contribution in [3.63, 3.8) is 0 Å². The van der Waals surface area contributed by atoms with Crippen LogP contribution in [0, 0.1) is 5.82 Å². The molecule has 0 unspecified atom stereocenters. The van der Waals surface area contributed by atoms with Crippen molar-refractivity contribution in [1.29, 1.82) is 0 Å². The zero-order valence-electron chi connectivity index (χ0n) is 14.1. The number of rotatable bonds is 7. The van der Waals surface area contributed by atoms with E-state index in [0.29, 0.717) is 15.9 Å². The normalized spacial score (nSPS) is 10.9. The Bertz CT molecular complexity index is 977. The Kier molecular flexibility index (Phi) is 5.98. The largest absolute Gasteiger partial charge is 0.370 e. The fourth-order valence-electron chi connectivity index (χ4n) is 2.48. The highest BCUT2D eigenvalue weighted by Gasteiger charge is 2.18. The molecule has 0 saturated heterocycles. The summed E-state index contributed by atoms with van der Waals surface area (Å²) >= 11 is 7.19. The highest BCUT2D eigenvalue weighted by molar-refractivity contribution is 7.99. The lowest BCUT2D eigenvalue weighted by Gasteiger charge is -2.22. The monoisotopic (exact) mass is 406 g/mol. The van der Waals surface area contributed by atoms with Crippen LogP contribution < -0.4 is 10.6 Å². The summed E-state index contributed by atoms with van der Waals surface area (Å²) < 4.78 is 13.2. The van der Waals surface area contributed by atoms with Gasteiger partial charge < -0.3 is 15.6 Å². The number of aromatic amines is 1. The molecular weight excluding hydrogens is 391 g/mol. The van der Waals surface area contributed by atoms with Gasteiger partial charge in [0.2, 0.25) is 11.8 Å². The van der Waals surface area contributed by atoms with Crippen LogP contribution in [0.3, 0.4) is 0 Å². The highest BCUT2D eigenvalue weighted by atomic mass is 35.5. The molecule has 0 aliphatic heterocycles. The van der Waals surface area contributed by atoms with Crippen LogP contribution in [0.2, 0.25) is 5.02 Å². The molecule has 3 N–H and O–H groups in total. The number of nitrogens with one attached hydrogen (secondary N) is 1. The zero-order chi connectivity index (χ0) is 19.4. The highest BCUT2D eigenvalue weighted by Crippen LogP contribution is 2.23. The number of fused-ring (bicyclic) bond motifs is 1. The van der Waals surface area contributed by atoms with Crippen LogP contribution in [0.5, 0.6) is 0 Å². The second-order valence-electron chi connectivity index (χ2n) is 5.73. The Morgan fingerprint density at radius 3 is 2.67 bits per heavy atom. The number of halogens is 2. The first-order chi connectivity index (χ1) is 12.9. The molecule has 0 spiro atoms. The first-order valence-electron chi connectivity index (χ1n) is 8.04. The Morgan fingerprint density at radius 2 is 1.96 bits per heavy atom. The van der Waals surface area contributed by atoms with Gasteiger partial charge in [-0.25, -0.2) is 9.37 Å². The van der Waals surface area contributed by atoms with Crippen LogP contribution in [0.25, 0.3) is 11.0 Å². The van der Waals surface area contributed by atoms with Crippen LogP contribution in [0.15, 0.2) is 47.6 Å². The molecule has 3 aromatic rings. The second kappa shape index (κ2) is 8.41. The first kappa shape index (κ1) is 19.2. The number of anilines is 1. The molecule has 1 heterocycles. The Labute approximate surface area is 163 Å². The number of hydrogen-bond acceptors (Lipinski definition) is 4. The molecule has 0 bridgehead atoms. The minimum absolute atomic E-state index is 0.0108. The van der Waals surface area contributed by atoms with Gasteiger partial charge in [0.15, 0.2) is 5.16 Å². The Balaban J connectivity index is 1.72. The van der Waals surface area contributed by atoms with E-state index in [9.17, 15) is 14.0 Å². The van der Waals surface area contributed by atoms with Crippen LogP contribution in [0.1, 0.15) is 6.42 Å². The first-order valence-corrected chi connectivity index (χ1v) is 9.41. The van der Waals surface area contributed by atoms with Gasteiger partial charge in [0.05, 0.1) is 16.8 Å². The van der Waals surface area contributed by atoms with Gasteiger partial charge in [-0.3, -0.25) is 9.59 Å². The maximum absolute atomic E-state index is 13.2. The van der Waals surface area contributed by atoms with E-state index >= 15 is 0 Å². The third-order valence-electron chi connectivity index (χ3n) is 3.78. The van der Waals surface area contributed by atoms with Gasteiger partial charge in [-0.2, -0.15) is 0 Å². The minimum Gasteiger partial charge on any atom is -0.370 e. The summed E-state index contributed by atoms with van der Waals surface area (Å²) in [4.78, 5) is 32.7. The van der Waals surface area contributed by atoms with Gasteiger partial charge in [0, 0.05) is 23.7 Å². The third-order valence-corrected chi connectivity index (χ3v) is 4.87. The number of thioether (sulfide) groups is 1. The van der Waals surface area contributed by atoms with E-state index in [2.05, 4.69) is 9.97 Å². The molecule has 0 aliphatic carbocycles. The average Bonchev–Trinajstić information content (AvgIpc) is 3.03. The van der Waals surface area contributed by atoms with Crippen molar-refractivity contribution in [2.75, 3.05) is 17.2 Å². The number of imidazole rings is 1. The van der Waals surface area contributed by atoms with Crippen LogP contribution in [-0.4, -0.2) is 34.1 Å². The molecule has 3 rings (SSSR count). The van der Waals surface area contributed by atoms with E-state index in [4.69, 9.17) is 17.3 Å². The molecule has 0 aliphatic rings. The van der Waals surface area contributed by atoms with E-state index in [1.807, 2.05) is 0 Å².